The van der Waals surface area contributed by atoms with Crippen LogP contribution in [0.4, 0.5) is 5.82 Å². The molecule has 0 radical (unpaired) electrons. The maximum atomic E-state index is 11.6. The molecule has 108 valence electrons. The molecule has 0 saturated carbocycles. The van der Waals surface area contributed by atoms with Gasteiger partial charge in [-0.25, -0.2) is 13.1 Å². The van der Waals surface area contributed by atoms with E-state index in [2.05, 4.69) is 21.0 Å². The fraction of sp³-hybridized carbons (Fsp3) is 0.417. The van der Waals surface area contributed by atoms with Crippen LogP contribution in [0.2, 0.25) is 0 Å². The van der Waals surface area contributed by atoms with E-state index >= 15 is 0 Å². The highest BCUT2D eigenvalue weighted by atomic mass is 79.9. The average Bonchev–Trinajstić information content (AvgIpc) is 3.02. The third kappa shape index (κ3) is 2.29. The summed E-state index contributed by atoms with van der Waals surface area (Å²) < 4.78 is 25.9. The van der Waals surface area contributed by atoms with E-state index in [0.717, 1.165) is 20.6 Å². The normalized spacial score (nSPS) is 21.4. The highest BCUT2D eigenvalue weighted by molar-refractivity contribution is 9.10. The van der Waals surface area contributed by atoms with Gasteiger partial charge in [0.1, 0.15) is 11.5 Å². The smallest absolute Gasteiger partial charge is 0.152 e. The quantitative estimate of drug-likeness (QED) is 0.874. The first-order valence-electron chi connectivity index (χ1n) is 6.17. The largest absolute Gasteiger partial charge is 0.384 e. The zero-order chi connectivity index (χ0) is 14.5. The third-order valence-corrected chi connectivity index (χ3v) is 7.18. The minimum absolute atomic E-state index is 0.128. The number of anilines is 1. The molecule has 2 N–H and O–H groups in total. The molecule has 3 rings (SSSR count). The van der Waals surface area contributed by atoms with Crippen molar-refractivity contribution in [1.82, 2.24) is 9.78 Å². The van der Waals surface area contributed by atoms with Gasteiger partial charge >= 0.3 is 0 Å². The van der Waals surface area contributed by atoms with Crippen molar-refractivity contribution < 1.29 is 8.42 Å². The van der Waals surface area contributed by atoms with Crippen molar-refractivity contribution in [1.29, 1.82) is 0 Å². The molecule has 2 aromatic rings. The number of hydrogen-bond donors (Lipinski definition) is 1. The molecule has 5 nitrogen and oxygen atoms in total. The fourth-order valence-corrected chi connectivity index (χ4v) is 5.75. The molecular weight excluding hydrogens is 362 g/mol. The molecular formula is C12H14BrN3O2S2. The highest BCUT2D eigenvalue weighted by Gasteiger charge is 2.32. The Morgan fingerprint density at radius 1 is 1.55 bits per heavy atom. The van der Waals surface area contributed by atoms with Crippen molar-refractivity contribution in [2.45, 2.75) is 19.4 Å². The molecule has 1 atom stereocenters. The zero-order valence-electron chi connectivity index (χ0n) is 10.8. The van der Waals surface area contributed by atoms with Crippen molar-refractivity contribution in [3.05, 3.63) is 21.5 Å². The number of sulfone groups is 1. The van der Waals surface area contributed by atoms with Crippen LogP contribution in [0.1, 0.15) is 18.0 Å². The van der Waals surface area contributed by atoms with Crippen LogP contribution in [0.5, 0.6) is 0 Å². The van der Waals surface area contributed by atoms with Crippen LogP contribution < -0.4 is 5.73 Å². The van der Waals surface area contributed by atoms with E-state index in [9.17, 15) is 8.42 Å². The number of nitrogens with two attached hydrogens (primary N) is 1. The van der Waals surface area contributed by atoms with Gasteiger partial charge < -0.3 is 5.73 Å². The van der Waals surface area contributed by atoms with Gasteiger partial charge in [-0.2, -0.15) is 5.10 Å². The Kier molecular flexibility index (Phi) is 3.42. The van der Waals surface area contributed by atoms with Gasteiger partial charge in [-0.3, -0.25) is 0 Å². The molecule has 0 aromatic carbocycles. The summed E-state index contributed by atoms with van der Waals surface area (Å²) in [5.41, 5.74) is 7.85. The minimum Gasteiger partial charge on any atom is -0.384 e. The zero-order valence-corrected chi connectivity index (χ0v) is 14.1. The number of hydrogen-bond acceptors (Lipinski definition) is 5. The second-order valence-corrected chi connectivity index (χ2v) is 8.96. The summed E-state index contributed by atoms with van der Waals surface area (Å²) in [5.74, 6) is 0.902. The van der Waals surface area contributed by atoms with Gasteiger partial charge in [-0.15, -0.1) is 11.3 Å². The summed E-state index contributed by atoms with van der Waals surface area (Å²) >= 11 is 5.08. The standard InChI is InChI=1S/C12H14BrN3O2S2/c1-7-10(11-9(13)2-4-19-11)15-16(12(7)14)8-3-5-20(17,18)6-8/h2,4,8H,3,5-6,14H2,1H3. The molecule has 1 aliphatic heterocycles. The van der Waals surface area contributed by atoms with E-state index in [1.165, 1.54) is 0 Å². The number of thiophene rings is 1. The molecule has 3 heterocycles. The third-order valence-electron chi connectivity index (χ3n) is 3.58. The number of nitrogens with zero attached hydrogens (tertiary/aromatic N) is 2. The number of rotatable bonds is 2. The molecule has 1 fully saturated rings. The molecule has 0 spiro atoms. The van der Waals surface area contributed by atoms with Crippen LogP contribution >= 0.6 is 27.3 Å². The van der Waals surface area contributed by atoms with Crippen molar-refractivity contribution in [3.63, 3.8) is 0 Å². The van der Waals surface area contributed by atoms with Gasteiger partial charge in [0.05, 0.1) is 22.4 Å². The molecule has 0 amide bonds. The second-order valence-electron chi connectivity index (χ2n) is 4.96. The monoisotopic (exact) mass is 375 g/mol. The van der Waals surface area contributed by atoms with Crippen LogP contribution in [-0.2, 0) is 9.84 Å². The first kappa shape index (κ1) is 14.1. The topological polar surface area (TPSA) is 78.0 Å². The lowest BCUT2D eigenvalue weighted by atomic mass is 10.2. The lowest BCUT2D eigenvalue weighted by Gasteiger charge is -2.10. The summed E-state index contributed by atoms with van der Waals surface area (Å²) in [6.07, 6.45) is 0.582. The SMILES string of the molecule is Cc1c(-c2sccc2Br)nn(C2CCS(=O)(=O)C2)c1N. The van der Waals surface area contributed by atoms with Crippen LogP contribution in [0, 0.1) is 6.92 Å². The first-order chi connectivity index (χ1) is 9.39. The average molecular weight is 376 g/mol. The fourth-order valence-electron chi connectivity index (χ4n) is 2.45. The van der Waals surface area contributed by atoms with E-state index in [-0.39, 0.29) is 17.5 Å². The summed E-state index contributed by atoms with van der Waals surface area (Å²) in [5, 5.41) is 6.55. The lowest BCUT2D eigenvalue weighted by Crippen LogP contribution is -2.14. The molecule has 2 aromatic heterocycles. The Balaban J connectivity index is 2.05. The van der Waals surface area contributed by atoms with Crippen molar-refractivity contribution in [2.75, 3.05) is 17.2 Å². The number of nitrogen functional groups attached to an aromatic ring is 1. The maximum absolute atomic E-state index is 11.6. The Labute approximate surface area is 129 Å². The van der Waals surface area contributed by atoms with Crippen LogP contribution in [0.3, 0.4) is 0 Å². The predicted octanol–water partition coefficient (Wildman–Crippen LogP) is 2.62. The second kappa shape index (κ2) is 4.85. The Morgan fingerprint density at radius 2 is 2.30 bits per heavy atom. The molecule has 1 unspecified atom stereocenters. The van der Waals surface area contributed by atoms with Crippen LogP contribution in [0.25, 0.3) is 10.6 Å². The summed E-state index contributed by atoms with van der Waals surface area (Å²) in [7, 11) is -2.95. The summed E-state index contributed by atoms with van der Waals surface area (Å²) in [6, 6.07) is 1.82. The molecule has 20 heavy (non-hydrogen) atoms. The van der Waals surface area contributed by atoms with Crippen molar-refractivity contribution in [2.24, 2.45) is 0 Å². The summed E-state index contributed by atoms with van der Waals surface area (Å²) in [4.78, 5) is 1.02. The van der Waals surface area contributed by atoms with E-state index in [1.807, 2.05) is 18.4 Å². The number of halogens is 1. The van der Waals surface area contributed by atoms with E-state index in [0.29, 0.717) is 12.2 Å². The van der Waals surface area contributed by atoms with Gasteiger partial charge in [0.25, 0.3) is 0 Å². The summed E-state index contributed by atoms with van der Waals surface area (Å²) in [6.45, 7) is 1.92. The van der Waals surface area contributed by atoms with Crippen molar-refractivity contribution >= 4 is 42.9 Å². The molecule has 1 aliphatic rings. The maximum Gasteiger partial charge on any atom is 0.152 e. The molecule has 0 aliphatic carbocycles. The van der Waals surface area contributed by atoms with Gasteiger partial charge in [0.2, 0.25) is 0 Å². The van der Waals surface area contributed by atoms with Crippen LogP contribution in [0.15, 0.2) is 15.9 Å². The minimum atomic E-state index is -2.95. The van der Waals surface area contributed by atoms with E-state index < -0.39 is 9.84 Å². The molecule has 1 saturated heterocycles. The van der Waals surface area contributed by atoms with Gasteiger partial charge in [-0.05, 0) is 40.7 Å². The number of aromatic nitrogens is 2. The van der Waals surface area contributed by atoms with Crippen LogP contribution in [-0.4, -0.2) is 29.7 Å². The van der Waals surface area contributed by atoms with E-state index in [4.69, 9.17) is 5.73 Å². The predicted molar refractivity (Wildman–Crippen MR) is 84.7 cm³/mol. The van der Waals surface area contributed by atoms with E-state index in [1.54, 1.807) is 16.0 Å². The molecule has 8 heteroatoms. The van der Waals surface area contributed by atoms with Gasteiger partial charge in [-0.1, -0.05) is 0 Å². The Hall–Kier alpha value is -0.860. The van der Waals surface area contributed by atoms with Gasteiger partial charge in [0, 0.05) is 10.0 Å². The Bertz CT molecular complexity index is 764. The highest BCUT2D eigenvalue weighted by Crippen LogP contribution is 2.38. The first-order valence-corrected chi connectivity index (χ1v) is 9.67. The lowest BCUT2D eigenvalue weighted by molar-refractivity contribution is 0.508. The van der Waals surface area contributed by atoms with Gasteiger partial charge in [0.15, 0.2) is 9.84 Å². The Morgan fingerprint density at radius 3 is 2.85 bits per heavy atom. The van der Waals surface area contributed by atoms with Crippen molar-refractivity contribution in [3.8, 4) is 10.6 Å². The molecule has 0 bridgehead atoms.